The molecule has 0 amide bonds. The van der Waals surface area contributed by atoms with Crippen molar-refractivity contribution >= 4 is 17.4 Å². The smallest absolute Gasteiger partial charge is 0.330 e. The average Bonchev–Trinajstić information content (AvgIpc) is 3.22. The number of aromatic nitrogens is 3. The fourth-order valence-electron chi connectivity index (χ4n) is 2.64. The van der Waals surface area contributed by atoms with Gasteiger partial charge in [0.2, 0.25) is 0 Å². The van der Waals surface area contributed by atoms with Gasteiger partial charge in [0.25, 0.3) is 0 Å². The van der Waals surface area contributed by atoms with Crippen LogP contribution in [0.5, 0.6) is 0 Å². The first-order valence-corrected chi connectivity index (χ1v) is 13.5. The topological polar surface area (TPSA) is 102 Å². The second-order valence-corrected chi connectivity index (χ2v) is 8.50. The molecule has 0 unspecified atom stereocenters. The molecule has 0 aliphatic rings. The Morgan fingerprint density at radius 2 is 1.49 bits per heavy atom. The molecule has 11 heteroatoms. The molecule has 0 fully saturated rings. The van der Waals surface area contributed by atoms with Crippen molar-refractivity contribution in [2.45, 2.75) is 93.4 Å². The zero-order valence-electron chi connectivity index (χ0n) is 22.8. The maximum Gasteiger partial charge on any atom is 0.330 e. The van der Waals surface area contributed by atoms with Gasteiger partial charge in [-0.3, -0.25) is 13.7 Å². The number of aryl methyl sites for hydroxylation is 1. The van der Waals surface area contributed by atoms with Gasteiger partial charge >= 0.3 is 17.4 Å². The zero-order valence-corrected chi connectivity index (χ0v) is 24.6. The predicted octanol–water partition coefficient (Wildman–Crippen LogP) is 7.15. The van der Waals surface area contributed by atoms with Gasteiger partial charge in [-0.25, -0.2) is 9.13 Å². The second kappa shape index (κ2) is 24.4. The van der Waals surface area contributed by atoms with E-state index < -0.39 is 23.2 Å². The van der Waals surface area contributed by atoms with Crippen molar-refractivity contribution in [3.63, 3.8) is 0 Å². The van der Waals surface area contributed by atoms with Crippen LogP contribution >= 0.6 is 17.4 Å². The molecule has 202 valence electrons. The summed E-state index contributed by atoms with van der Waals surface area (Å²) in [5, 5.41) is 8.11. The Balaban J connectivity index is 0. The van der Waals surface area contributed by atoms with Crippen LogP contribution in [-0.4, -0.2) is 47.2 Å². The van der Waals surface area contributed by atoms with Gasteiger partial charge in [-0.15, -0.1) is 5.10 Å². The Bertz CT molecular complexity index is 702. The molecule has 35 heavy (non-hydrogen) atoms. The monoisotopic (exact) mass is 533 g/mol. The number of hydrogen-bond donors (Lipinski definition) is 0. The first kappa shape index (κ1) is 35.8. The second-order valence-electron chi connectivity index (χ2n) is 7.84. The lowest BCUT2D eigenvalue weighted by Gasteiger charge is -2.20. The summed E-state index contributed by atoms with van der Waals surface area (Å²) in [6.07, 6.45) is 9.41. The van der Waals surface area contributed by atoms with Gasteiger partial charge in [0.15, 0.2) is 5.79 Å². The molecule has 0 aliphatic heterocycles. The van der Waals surface area contributed by atoms with Crippen molar-refractivity contribution in [1.82, 2.24) is 15.0 Å². The van der Waals surface area contributed by atoms with Crippen molar-refractivity contribution in [2.24, 2.45) is 0 Å². The Kier molecular flexibility index (Phi) is 24.9. The molecule has 9 nitrogen and oxygen atoms in total. The largest absolute Gasteiger partial charge is 0.382 e. The maximum absolute atomic E-state index is 10.6. The molecule has 0 atom stereocenters. The quantitative estimate of drug-likeness (QED) is 0.125. The summed E-state index contributed by atoms with van der Waals surface area (Å²) >= 11 is 0. The highest BCUT2D eigenvalue weighted by molar-refractivity contribution is 7.18. The standard InChI is InChI=1S/C16H25N3O4P2.2C4H10O/c1-13(2)7-5-8-14(3)9-6-10-19-12-15(17-18-19)11-16(4,22-24-20)23-25-21;2*1-3-5-4-2/h7,9,12H,5-6,8,10-11H2,1-4H3;2*3-4H2,1-2H3/b14-9+;;. The van der Waals surface area contributed by atoms with Gasteiger partial charge in [-0.2, -0.15) is 0 Å². The number of hydrogen-bond acceptors (Lipinski definition) is 8. The molecule has 1 aromatic heterocycles. The summed E-state index contributed by atoms with van der Waals surface area (Å²) in [5.41, 5.74) is 3.31. The van der Waals surface area contributed by atoms with Gasteiger partial charge in [-0.05, 0) is 74.7 Å². The van der Waals surface area contributed by atoms with Crippen molar-refractivity contribution in [3.05, 3.63) is 35.2 Å². The van der Waals surface area contributed by atoms with Crippen LogP contribution in [0, 0.1) is 0 Å². The third-order valence-corrected chi connectivity index (χ3v) is 5.23. The summed E-state index contributed by atoms with van der Waals surface area (Å²) in [7, 11) is -1.10. The molecule has 1 aromatic rings. The molecule has 0 spiro atoms. The van der Waals surface area contributed by atoms with E-state index in [1.54, 1.807) is 17.8 Å². The van der Waals surface area contributed by atoms with E-state index in [2.05, 4.69) is 43.2 Å². The van der Waals surface area contributed by atoms with E-state index in [-0.39, 0.29) is 6.42 Å². The van der Waals surface area contributed by atoms with Gasteiger partial charge in [0.05, 0.1) is 5.69 Å². The van der Waals surface area contributed by atoms with Crippen LogP contribution in [0.3, 0.4) is 0 Å². The van der Waals surface area contributed by atoms with Crippen LogP contribution in [0.15, 0.2) is 29.5 Å². The SMILES string of the molecule is CC(C)=CCC/C(C)=C/CCn1cc(CC(C)(OP=O)OP=O)nn1.CCOCC.CCOCC. The van der Waals surface area contributed by atoms with Gasteiger partial charge < -0.3 is 9.47 Å². The number of allylic oxidation sites excluding steroid dienone is 4. The van der Waals surface area contributed by atoms with Gasteiger partial charge in [-0.1, -0.05) is 28.5 Å². The van der Waals surface area contributed by atoms with Crippen LogP contribution in [0.2, 0.25) is 0 Å². The van der Waals surface area contributed by atoms with Crippen molar-refractivity contribution in [3.8, 4) is 0 Å². The lowest BCUT2D eigenvalue weighted by molar-refractivity contribution is -0.0805. The minimum atomic E-state index is -1.28. The van der Waals surface area contributed by atoms with E-state index in [1.807, 2.05) is 27.7 Å². The average molecular weight is 534 g/mol. The maximum atomic E-state index is 10.6. The normalized spacial score (nSPS) is 12.9. The Labute approximate surface area is 215 Å². The summed E-state index contributed by atoms with van der Waals surface area (Å²) < 4.78 is 42.6. The van der Waals surface area contributed by atoms with Crippen LogP contribution in [-0.2, 0) is 40.6 Å². The number of nitrogens with zero attached hydrogens (tertiary/aromatic N) is 3. The fraction of sp³-hybridized carbons (Fsp3) is 0.750. The molecule has 0 aromatic carbocycles. The molecule has 1 heterocycles. The Hall–Kier alpha value is -1.34. The van der Waals surface area contributed by atoms with E-state index in [1.165, 1.54) is 11.1 Å². The summed E-state index contributed by atoms with van der Waals surface area (Å²) in [4.78, 5) is 0. The molecule has 1 rings (SSSR count). The van der Waals surface area contributed by atoms with E-state index in [4.69, 9.17) is 18.5 Å². The van der Waals surface area contributed by atoms with Crippen molar-refractivity contribution < 1.29 is 27.7 Å². The van der Waals surface area contributed by atoms with E-state index in [0.29, 0.717) is 12.2 Å². The number of ether oxygens (including phenoxy) is 2. The zero-order chi connectivity index (χ0) is 27.0. The fourth-order valence-corrected chi connectivity index (χ4v) is 3.22. The van der Waals surface area contributed by atoms with Gasteiger partial charge in [0, 0.05) is 45.6 Å². The van der Waals surface area contributed by atoms with E-state index in [9.17, 15) is 9.13 Å². The summed E-state index contributed by atoms with van der Waals surface area (Å²) in [5.74, 6) is -1.28. The predicted molar refractivity (Wildman–Crippen MR) is 141 cm³/mol. The van der Waals surface area contributed by atoms with Crippen LogP contribution in [0.4, 0.5) is 0 Å². The molecular formula is C24H45N3O6P2. The minimum absolute atomic E-state index is 0.190. The minimum Gasteiger partial charge on any atom is -0.382 e. The van der Waals surface area contributed by atoms with Crippen molar-refractivity contribution in [1.29, 1.82) is 0 Å². The lowest BCUT2D eigenvalue weighted by atomic mass is 10.1. The van der Waals surface area contributed by atoms with Crippen LogP contribution in [0.1, 0.15) is 80.3 Å². The molecule has 0 radical (unpaired) electrons. The van der Waals surface area contributed by atoms with E-state index in [0.717, 1.165) is 45.7 Å². The summed E-state index contributed by atoms with van der Waals surface area (Å²) in [6.45, 7) is 19.9. The molecule has 0 aliphatic carbocycles. The first-order valence-electron chi connectivity index (χ1n) is 12.1. The molecule has 0 saturated carbocycles. The Morgan fingerprint density at radius 1 is 0.943 bits per heavy atom. The Morgan fingerprint density at radius 3 is 1.91 bits per heavy atom. The molecule has 0 N–H and O–H groups in total. The van der Waals surface area contributed by atoms with Gasteiger partial charge in [0.1, 0.15) is 0 Å². The van der Waals surface area contributed by atoms with E-state index >= 15 is 0 Å². The van der Waals surface area contributed by atoms with Crippen molar-refractivity contribution in [2.75, 3.05) is 26.4 Å². The highest BCUT2D eigenvalue weighted by Crippen LogP contribution is 2.26. The third kappa shape index (κ3) is 22.8. The first-order chi connectivity index (χ1) is 16.7. The molecule has 0 bridgehead atoms. The third-order valence-electron chi connectivity index (χ3n) is 4.31. The summed E-state index contributed by atoms with van der Waals surface area (Å²) in [6, 6.07) is 0. The lowest BCUT2D eigenvalue weighted by Crippen LogP contribution is -2.29. The van der Waals surface area contributed by atoms with Crippen LogP contribution in [0.25, 0.3) is 0 Å². The molecular weight excluding hydrogens is 488 g/mol. The number of rotatable bonds is 16. The van der Waals surface area contributed by atoms with Crippen LogP contribution < -0.4 is 0 Å². The highest BCUT2D eigenvalue weighted by Gasteiger charge is 2.29. The highest BCUT2D eigenvalue weighted by atomic mass is 31.1. The molecule has 0 saturated heterocycles.